The van der Waals surface area contributed by atoms with Crippen LogP contribution in [0.3, 0.4) is 0 Å². The van der Waals surface area contributed by atoms with Crippen LogP contribution in [-0.4, -0.2) is 26.0 Å². The maximum atomic E-state index is 12.2. The van der Waals surface area contributed by atoms with E-state index in [1.807, 2.05) is 6.07 Å². The fourth-order valence-electron chi connectivity index (χ4n) is 2.53. The Labute approximate surface area is 135 Å². The number of nitrogens with zero attached hydrogens (tertiary/aromatic N) is 4. The van der Waals surface area contributed by atoms with Crippen LogP contribution in [0, 0.1) is 0 Å². The first-order valence-corrected chi connectivity index (χ1v) is 8.10. The highest BCUT2D eigenvalue weighted by atomic mass is 32.1. The van der Waals surface area contributed by atoms with Crippen LogP contribution in [0.15, 0.2) is 29.2 Å². The third kappa shape index (κ3) is 2.85. The van der Waals surface area contributed by atoms with E-state index >= 15 is 0 Å². The first-order chi connectivity index (χ1) is 11.3. The summed E-state index contributed by atoms with van der Waals surface area (Å²) in [4.78, 5) is 26.5. The van der Waals surface area contributed by atoms with Gasteiger partial charge in [-0.25, -0.2) is 4.98 Å². The number of amides is 1. The molecule has 0 spiro atoms. The van der Waals surface area contributed by atoms with Gasteiger partial charge in [-0.1, -0.05) is 5.16 Å². The van der Waals surface area contributed by atoms with Gasteiger partial charge in [0.2, 0.25) is 11.7 Å². The van der Waals surface area contributed by atoms with Crippen LogP contribution < -0.4 is 5.32 Å². The number of nitrogens with one attached hydrogen (secondary N) is 1. The predicted molar refractivity (Wildman–Crippen MR) is 82.8 cm³/mol. The third-order valence-corrected chi connectivity index (χ3v) is 4.87. The van der Waals surface area contributed by atoms with E-state index < -0.39 is 0 Å². The summed E-state index contributed by atoms with van der Waals surface area (Å²) in [6.45, 7) is 0.189. The molecule has 3 aromatic rings. The first-order valence-electron chi connectivity index (χ1n) is 7.28. The monoisotopic (exact) mass is 327 g/mol. The normalized spacial score (nSPS) is 13.0. The second-order valence-corrected chi connectivity index (χ2v) is 6.33. The Morgan fingerprint density at radius 2 is 2.30 bits per heavy atom. The van der Waals surface area contributed by atoms with Gasteiger partial charge in [0.05, 0.1) is 17.6 Å². The van der Waals surface area contributed by atoms with Crippen LogP contribution in [0.2, 0.25) is 0 Å². The van der Waals surface area contributed by atoms with E-state index in [4.69, 9.17) is 4.52 Å². The summed E-state index contributed by atoms with van der Waals surface area (Å²) < 4.78 is 5.13. The molecular weight excluding hydrogens is 314 g/mol. The highest BCUT2D eigenvalue weighted by Crippen LogP contribution is 2.30. The molecule has 8 heteroatoms. The molecule has 0 unspecified atom stereocenters. The van der Waals surface area contributed by atoms with E-state index in [1.54, 1.807) is 29.9 Å². The maximum absolute atomic E-state index is 12.2. The summed E-state index contributed by atoms with van der Waals surface area (Å²) in [5.74, 6) is 0.587. The number of fused-ring (bicyclic) bond motifs is 1. The molecule has 0 saturated carbocycles. The Morgan fingerprint density at radius 1 is 1.35 bits per heavy atom. The Balaban J connectivity index is 1.41. The van der Waals surface area contributed by atoms with Gasteiger partial charge < -0.3 is 9.84 Å². The Kier molecular flexibility index (Phi) is 3.58. The lowest BCUT2D eigenvalue weighted by Gasteiger charge is -1.99. The van der Waals surface area contributed by atoms with E-state index in [0.717, 1.165) is 17.7 Å². The van der Waals surface area contributed by atoms with Crippen molar-refractivity contribution >= 4 is 17.2 Å². The zero-order valence-corrected chi connectivity index (χ0v) is 13.0. The molecule has 1 amide bonds. The number of hydrogen-bond acceptors (Lipinski definition) is 7. The largest absolute Gasteiger partial charge is 0.342 e. The minimum absolute atomic E-state index is 0.108. The third-order valence-electron chi connectivity index (χ3n) is 3.63. The van der Waals surface area contributed by atoms with Crippen molar-refractivity contribution in [3.8, 4) is 11.5 Å². The quantitative estimate of drug-likeness (QED) is 0.788. The van der Waals surface area contributed by atoms with Gasteiger partial charge in [0.1, 0.15) is 5.69 Å². The van der Waals surface area contributed by atoms with Gasteiger partial charge in [0, 0.05) is 17.3 Å². The van der Waals surface area contributed by atoms with Crippen LogP contribution in [0.4, 0.5) is 0 Å². The molecule has 3 aromatic heterocycles. The maximum Gasteiger partial charge on any atom is 0.261 e. The van der Waals surface area contributed by atoms with Crippen molar-refractivity contribution in [3.63, 3.8) is 0 Å². The van der Waals surface area contributed by atoms with Crippen molar-refractivity contribution in [2.45, 2.75) is 25.8 Å². The Morgan fingerprint density at radius 3 is 3.13 bits per heavy atom. The summed E-state index contributed by atoms with van der Waals surface area (Å²) in [6.07, 6.45) is 8.03. The molecule has 0 saturated heterocycles. The Bertz CT molecular complexity index is 821. The molecule has 0 aromatic carbocycles. The molecule has 0 radical (unpaired) electrons. The van der Waals surface area contributed by atoms with Crippen molar-refractivity contribution in [2.24, 2.45) is 0 Å². The molecule has 0 bridgehead atoms. The fourth-order valence-corrected chi connectivity index (χ4v) is 3.70. The molecule has 1 aliphatic rings. The Hall–Kier alpha value is -2.61. The zero-order valence-electron chi connectivity index (χ0n) is 12.2. The molecule has 116 valence electrons. The highest BCUT2D eigenvalue weighted by molar-refractivity contribution is 7.14. The number of rotatable bonds is 4. The standard InChI is InChI=1S/C15H13N5O2S/c21-15(12-6-9-2-1-3-11(9)23-12)18-8-13-19-14(20-22-13)10-7-16-4-5-17-10/h4-7H,1-3,8H2,(H,18,21). The fraction of sp³-hybridized carbons (Fsp3) is 0.267. The zero-order chi connectivity index (χ0) is 15.6. The second-order valence-electron chi connectivity index (χ2n) is 5.20. The predicted octanol–water partition coefficient (Wildman–Crippen LogP) is 2.01. The number of carbonyl (C=O) groups excluding carboxylic acids is 1. The summed E-state index contributed by atoms with van der Waals surface area (Å²) in [6, 6.07) is 1.99. The minimum atomic E-state index is -0.108. The number of carbonyl (C=O) groups is 1. The summed E-state index contributed by atoms with van der Waals surface area (Å²) in [5.41, 5.74) is 1.84. The van der Waals surface area contributed by atoms with Crippen LogP contribution >= 0.6 is 11.3 Å². The van der Waals surface area contributed by atoms with E-state index in [1.165, 1.54) is 16.9 Å². The van der Waals surface area contributed by atoms with Crippen molar-refractivity contribution < 1.29 is 9.32 Å². The SMILES string of the molecule is O=C(NCc1nc(-c2cnccn2)no1)c1cc2c(s1)CCC2. The smallest absolute Gasteiger partial charge is 0.261 e. The molecule has 23 heavy (non-hydrogen) atoms. The number of thiophene rings is 1. The lowest BCUT2D eigenvalue weighted by Crippen LogP contribution is -2.22. The van der Waals surface area contributed by atoms with Gasteiger partial charge in [0.25, 0.3) is 5.91 Å². The van der Waals surface area contributed by atoms with Crippen molar-refractivity contribution in [3.05, 3.63) is 45.9 Å². The molecule has 3 heterocycles. The average Bonchev–Trinajstić information content (AvgIpc) is 3.29. The minimum Gasteiger partial charge on any atom is -0.342 e. The molecule has 0 aliphatic heterocycles. The lowest BCUT2D eigenvalue weighted by molar-refractivity contribution is 0.0950. The van der Waals surface area contributed by atoms with Crippen LogP contribution in [0.5, 0.6) is 0 Å². The van der Waals surface area contributed by atoms with Gasteiger partial charge in [-0.3, -0.25) is 9.78 Å². The second kappa shape index (κ2) is 5.88. The lowest BCUT2D eigenvalue weighted by atomic mass is 10.2. The van der Waals surface area contributed by atoms with Crippen molar-refractivity contribution in [1.82, 2.24) is 25.4 Å². The van der Waals surface area contributed by atoms with Crippen molar-refractivity contribution in [2.75, 3.05) is 0 Å². The van der Waals surface area contributed by atoms with Crippen LogP contribution in [-0.2, 0) is 19.4 Å². The number of aryl methyl sites for hydroxylation is 2. The van der Waals surface area contributed by atoms with E-state index in [0.29, 0.717) is 17.4 Å². The molecule has 0 fully saturated rings. The first kappa shape index (κ1) is 14.0. The van der Waals surface area contributed by atoms with E-state index in [-0.39, 0.29) is 12.5 Å². The van der Waals surface area contributed by atoms with E-state index in [9.17, 15) is 4.79 Å². The molecule has 1 N–H and O–H groups in total. The summed E-state index contributed by atoms with van der Waals surface area (Å²) in [5, 5.41) is 6.65. The van der Waals surface area contributed by atoms with Gasteiger partial charge in [-0.15, -0.1) is 11.3 Å². The number of hydrogen-bond donors (Lipinski definition) is 1. The molecule has 1 aliphatic carbocycles. The molecule has 7 nitrogen and oxygen atoms in total. The highest BCUT2D eigenvalue weighted by Gasteiger charge is 2.19. The molecule has 4 rings (SSSR count). The van der Waals surface area contributed by atoms with Gasteiger partial charge >= 0.3 is 0 Å². The van der Waals surface area contributed by atoms with Gasteiger partial charge in [0.15, 0.2) is 0 Å². The van der Waals surface area contributed by atoms with Crippen LogP contribution in [0.1, 0.15) is 32.4 Å². The molecule has 0 atom stereocenters. The summed E-state index contributed by atoms with van der Waals surface area (Å²) in [7, 11) is 0. The average molecular weight is 327 g/mol. The van der Waals surface area contributed by atoms with Crippen molar-refractivity contribution in [1.29, 1.82) is 0 Å². The van der Waals surface area contributed by atoms with E-state index in [2.05, 4.69) is 25.4 Å². The topological polar surface area (TPSA) is 93.8 Å². The molecular formula is C15H13N5O2S. The van der Waals surface area contributed by atoms with Gasteiger partial charge in [-0.05, 0) is 30.9 Å². The van der Waals surface area contributed by atoms with Crippen LogP contribution in [0.25, 0.3) is 11.5 Å². The number of aromatic nitrogens is 4. The summed E-state index contributed by atoms with van der Waals surface area (Å²) >= 11 is 1.57. The van der Waals surface area contributed by atoms with Gasteiger partial charge in [-0.2, -0.15) is 4.98 Å².